The Kier molecular flexibility index (Phi) is 41.7. The third kappa shape index (κ3) is 25.8. The van der Waals surface area contributed by atoms with Crippen LogP contribution in [-0.4, -0.2) is 603 Å². The number of rotatable bonds is 38. The summed E-state index contributed by atoms with van der Waals surface area (Å²) in [5.41, 5.74) is 0. The summed E-state index contributed by atoms with van der Waals surface area (Å²) >= 11 is 0. The van der Waals surface area contributed by atoms with Crippen molar-refractivity contribution in [3.8, 4) is 0 Å². The molecule has 5 amide bonds. The van der Waals surface area contributed by atoms with Gasteiger partial charge in [-0.15, -0.1) is 0 Å². The molecule has 1 unspecified atom stereocenters. The summed E-state index contributed by atoms with van der Waals surface area (Å²) in [5, 5.41) is 363. The van der Waals surface area contributed by atoms with Gasteiger partial charge in [-0.05, 0) is 6.92 Å². The number of carboxylic acids is 1. The van der Waals surface area contributed by atoms with Gasteiger partial charge in [-0.3, -0.25) is 24.0 Å². The molecule has 63 nitrogen and oxygen atoms in total. The summed E-state index contributed by atoms with van der Waals surface area (Å²) in [6.07, 6.45) is -114. The van der Waals surface area contributed by atoms with Crippen LogP contribution in [0.4, 0.5) is 0 Å². The second-order valence-corrected chi connectivity index (χ2v) is 36.0. The Hall–Kier alpha value is -5.22. The van der Waals surface area contributed by atoms with Crippen LogP contribution in [0.15, 0.2) is 0 Å². The van der Waals surface area contributed by atoms with Crippen molar-refractivity contribution in [1.82, 2.24) is 26.6 Å². The van der Waals surface area contributed by atoms with E-state index >= 15 is 0 Å². The maximum atomic E-state index is 13.5. The summed E-state index contributed by atoms with van der Waals surface area (Å²) in [5.74, 6) is -10.6. The fraction of sp³-hybridized carbons (Fsp3) is 0.924. The first-order chi connectivity index (χ1) is 67.0. The smallest absolute Gasteiger partial charge is 0.364 e. The highest BCUT2D eigenvalue weighted by molar-refractivity contribution is 5.77. The normalized spacial score (nSPS) is 48.0. The van der Waals surface area contributed by atoms with Crippen LogP contribution < -0.4 is 26.6 Å². The van der Waals surface area contributed by atoms with Gasteiger partial charge >= 0.3 is 5.97 Å². The van der Waals surface area contributed by atoms with Crippen molar-refractivity contribution in [2.24, 2.45) is 0 Å². The van der Waals surface area contributed by atoms with Crippen LogP contribution in [0.1, 0.15) is 48.0 Å². The van der Waals surface area contributed by atoms with E-state index in [1.54, 1.807) is 0 Å². The molecule has 820 valence electrons. The van der Waals surface area contributed by atoms with Crippen molar-refractivity contribution in [1.29, 1.82) is 0 Å². The van der Waals surface area contributed by atoms with E-state index in [1.165, 1.54) is 6.92 Å². The SMILES string of the molecule is CC(=O)N[C@H]1[C@H](O[C@H]2[C@H](O)[C@@H](NC(C)=O)C(O)O[C@@H]2CO[C@@H]2O[C@@H](C)[C@@H](O)[C@@H](O)[C@@H]2O)O[C@H](CO)[C@@H](O[C@@H]2O[C@H](CO[C@H]3O[C@H](CO)[C@@H](O)[C@H](O[C@H]4O[C@H](CO)[C@@H](O)[C@H](O)[C@@H]4O)[C@@H]3O)[C@@H](O[C@@H]3O[C@H](CO)[C@@H](O)[C@H](O)[C@H]3NC(C)=O)[C@H](O[C@H]3O[C@H](CO)[C@@H](O)[C@H](O)[C@@H]3O[C@@H]3O[C@H](CO)[C@@H](O[C@@H]4O[C@H](CO)[C@H](O)[C@H](O[C@]5(C(=O)O)C[C@H](O)[C@@H](NC(C)=O)[C@H]([C@H](O)[C@H](O)CO)O5)[C@H]4O)[C@H](O)[C@H]3NC(C)=O)[C@@H]2O)[C@@H]1O. The van der Waals surface area contributed by atoms with Crippen molar-refractivity contribution in [2.75, 3.05) is 66.1 Å². The molecule has 11 fully saturated rings. The van der Waals surface area contributed by atoms with Gasteiger partial charge in [0.15, 0.2) is 62.9 Å². The second kappa shape index (κ2) is 50.6. The summed E-state index contributed by atoms with van der Waals surface area (Å²) in [6, 6.07) is -10.1. The molecule has 11 aliphatic heterocycles. The molecule has 11 rings (SSSR count). The fourth-order valence-electron chi connectivity index (χ4n) is 18.4. The van der Waals surface area contributed by atoms with Gasteiger partial charge in [0.1, 0.15) is 256 Å². The van der Waals surface area contributed by atoms with Crippen LogP contribution in [0.5, 0.6) is 0 Å². The molecule has 0 aromatic rings. The van der Waals surface area contributed by atoms with Crippen LogP contribution in [-0.2, 0) is 128 Å². The lowest BCUT2D eigenvalue weighted by molar-refractivity contribution is -0.409. The van der Waals surface area contributed by atoms with Crippen LogP contribution >= 0.6 is 0 Å². The molecule has 11 heterocycles. The summed E-state index contributed by atoms with van der Waals surface area (Å²) in [6.45, 7) is -6.62. The number of nitrogens with one attached hydrogen (secondary N) is 5. The molecular formula is C79H131N5O58. The summed E-state index contributed by atoms with van der Waals surface area (Å²) in [4.78, 5) is 78.5. The van der Waals surface area contributed by atoms with Crippen LogP contribution in [0, 0.1) is 0 Å². The van der Waals surface area contributed by atoms with E-state index in [9.17, 15) is 187 Å². The average molecular weight is 2080 g/mol. The van der Waals surface area contributed by atoms with E-state index in [1.807, 2.05) is 0 Å². The van der Waals surface area contributed by atoms with Crippen LogP contribution in [0.2, 0.25) is 0 Å². The highest BCUT2D eigenvalue weighted by Crippen LogP contribution is 2.44. The van der Waals surface area contributed by atoms with Crippen LogP contribution in [0.3, 0.4) is 0 Å². The maximum Gasteiger partial charge on any atom is 0.364 e. The predicted molar refractivity (Wildman–Crippen MR) is 436 cm³/mol. The van der Waals surface area contributed by atoms with Crippen molar-refractivity contribution < 1.29 is 287 Å². The Bertz CT molecular complexity index is 4010. The number of carboxylic acid groups (broad SMARTS) is 1. The molecule has 0 aliphatic carbocycles. The van der Waals surface area contributed by atoms with Gasteiger partial charge in [0, 0.05) is 41.0 Å². The first-order valence-electron chi connectivity index (χ1n) is 45.1. The number of carbonyl (C=O) groups is 6. The molecule has 0 saturated carbocycles. The second-order valence-electron chi connectivity index (χ2n) is 36.0. The Labute approximate surface area is 803 Å². The van der Waals surface area contributed by atoms with E-state index in [0.29, 0.717) is 0 Å². The van der Waals surface area contributed by atoms with E-state index in [4.69, 9.17) is 99.5 Å². The van der Waals surface area contributed by atoms with E-state index in [0.717, 1.165) is 34.6 Å². The summed E-state index contributed by atoms with van der Waals surface area (Å²) in [7, 11) is 0. The van der Waals surface area contributed by atoms with Gasteiger partial charge in [-0.1, -0.05) is 0 Å². The highest BCUT2D eigenvalue weighted by Gasteiger charge is 2.65. The zero-order valence-electron chi connectivity index (χ0n) is 76.4. The van der Waals surface area contributed by atoms with Gasteiger partial charge < -0.3 is 284 Å². The van der Waals surface area contributed by atoms with Gasteiger partial charge in [0.2, 0.25) is 29.5 Å². The minimum Gasteiger partial charge on any atom is -0.477 e. The molecule has 63 heteroatoms. The van der Waals surface area contributed by atoms with Gasteiger partial charge in [-0.2, -0.15) is 0 Å². The molecule has 36 N–H and O–H groups in total. The van der Waals surface area contributed by atoms with Crippen LogP contribution in [0.25, 0.3) is 0 Å². The molecule has 0 bridgehead atoms. The van der Waals surface area contributed by atoms with E-state index in [2.05, 4.69) is 26.6 Å². The van der Waals surface area contributed by atoms with E-state index < -0.39 is 451 Å². The van der Waals surface area contributed by atoms with Crippen molar-refractivity contribution in [2.45, 2.75) is 391 Å². The molecule has 11 aliphatic rings. The number of carbonyl (C=O) groups excluding carboxylic acids is 5. The highest BCUT2D eigenvalue weighted by atomic mass is 16.8. The average Bonchev–Trinajstić information content (AvgIpc) is 0.743. The third-order valence-electron chi connectivity index (χ3n) is 25.9. The van der Waals surface area contributed by atoms with Crippen molar-refractivity contribution in [3.63, 3.8) is 0 Å². The quantitative estimate of drug-likeness (QED) is 0.0273. The van der Waals surface area contributed by atoms with Crippen molar-refractivity contribution in [3.05, 3.63) is 0 Å². The van der Waals surface area contributed by atoms with E-state index in [-0.39, 0.29) is 0 Å². The standard InChI is InChI=1S/C79H131N5O58/c1-18-40(100)51(111)54(114)72(124-18)122-16-33-61(48(108)36(68(119)125-33)81-20(3)94)134-70-38(83-22(5)96)49(109)60(31(14-91)131-70)136-76-58(118)66(62(137-69-37(82-21(4)95)47(107)42(102)26(9-86)126-69)34(133-76)17-123-73-56(116)64(45(105)29(12-89)127-73)138-74-55(115)52(112)43(103)27(10-87)128-74)139-77-67(53(113)44(104)28(11-88)130-77)140-71-39(84-23(6)97)50(110)59(32(15-92)132-71)135-75-57(117)65(46(106)30(13-90)129-75)142-79(78(120)121)7-24(98)35(80-19(2)93)63(141-79)41(101)25(99)8-85/h18,24-77,85-92,98-119H,7-17H2,1-6H3,(H,80,93)(H,81,94)(H,82,95)(H,83,96)(H,84,97)(H,120,121)/t18-,24-,25+,26+,27+,28+,29+,30+,31+,32+,33+,34+,35+,36+,37+,38+,39+,40+,41+,42+,43+,44+,45+,46-,47+,48+,49+,50+,51+,52-,53-,54-,55-,56-,57+,58-,59+,60+,61+,62+,63+,64-,65-,66+,67-,68?,69-,70-,71-,72+,73-,74+,75-,76-,77+,79-/m0/s1. The Morgan fingerprint density at radius 3 is 1.11 bits per heavy atom. The first kappa shape index (κ1) is 117. The number of aliphatic hydroxyl groups excluding tert-OH is 30. The molecule has 0 aromatic heterocycles. The third-order valence-corrected chi connectivity index (χ3v) is 25.9. The first-order valence-corrected chi connectivity index (χ1v) is 45.1. The predicted octanol–water partition coefficient (Wildman–Crippen LogP) is -24.0. The Morgan fingerprint density at radius 2 is 0.627 bits per heavy atom. The minimum atomic E-state index is -3.37. The van der Waals surface area contributed by atoms with Crippen molar-refractivity contribution >= 4 is 35.5 Å². The Morgan fingerprint density at radius 1 is 0.303 bits per heavy atom. The molecular weight excluding hydrogens is 1950 g/mol. The number of aliphatic hydroxyl groups is 30. The number of hydrogen-bond acceptors (Lipinski definition) is 57. The number of aliphatic carboxylic acids is 1. The van der Waals surface area contributed by atoms with Gasteiger partial charge in [-0.25, -0.2) is 4.79 Å². The Balaban J connectivity index is 0.982. The molecule has 0 aromatic carbocycles. The molecule has 142 heavy (non-hydrogen) atoms. The molecule has 0 spiro atoms. The topological polar surface area (TPSA) is 984 Å². The number of hydrogen-bond donors (Lipinski definition) is 36. The maximum absolute atomic E-state index is 13.5. The lowest BCUT2D eigenvalue weighted by Crippen LogP contribution is -2.72. The largest absolute Gasteiger partial charge is 0.477 e. The molecule has 56 atom stereocenters. The lowest BCUT2D eigenvalue weighted by Gasteiger charge is -2.52. The lowest BCUT2D eigenvalue weighted by atomic mass is 9.88. The number of amides is 5. The number of ether oxygens (including phenoxy) is 21. The fourth-order valence-corrected chi connectivity index (χ4v) is 18.4. The van der Waals surface area contributed by atoms with Gasteiger partial charge in [0.05, 0.1) is 84.3 Å². The summed E-state index contributed by atoms with van der Waals surface area (Å²) < 4.78 is 127. The monoisotopic (exact) mass is 2080 g/mol. The van der Waals surface area contributed by atoms with Gasteiger partial charge in [0.25, 0.3) is 5.79 Å². The zero-order chi connectivity index (χ0) is 105. The molecule has 11 saturated heterocycles. The zero-order valence-corrected chi connectivity index (χ0v) is 76.4. The molecule has 0 radical (unpaired) electrons. The minimum absolute atomic E-state index is 0.823.